The molecule has 1 aliphatic rings. The summed E-state index contributed by atoms with van der Waals surface area (Å²) in [4.78, 5) is 12.0. The van der Waals surface area contributed by atoms with E-state index in [1.165, 1.54) is 0 Å². The number of carbonyl (C=O) groups is 1. The molecule has 1 aromatic rings. The monoisotopic (exact) mass is 296 g/mol. The van der Waals surface area contributed by atoms with Crippen molar-refractivity contribution in [3.8, 4) is 5.75 Å². The molecular formula is C15H21ClN2O2. The number of nitrogens with two attached hydrogens (primary N) is 1. The number of rotatable bonds is 5. The first-order valence-corrected chi connectivity index (χ1v) is 7.32. The zero-order valence-electron chi connectivity index (χ0n) is 11.7. The molecule has 0 unspecified atom stereocenters. The van der Waals surface area contributed by atoms with Gasteiger partial charge in [0.1, 0.15) is 5.75 Å². The largest absolute Gasteiger partial charge is 0.496 e. The maximum atomic E-state index is 12.0. The molecular weight excluding hydrogens is 276 g/mol. The number of hydrogen-bond donors (Lipinski definition) is 2. The van der Waals surface area contributed by atoms with Gasteiger partial charge in [-0.05, 0) is 37.0 Å². The highest BCUT2D eigenvalue weighted by Gasteiger charge is 2.25. The predicted octanol–water partition coefficient (Wildman–Crippen LogP) is 2.48. The maximum absolute atomic E-state index is 12.0. The van der Waals surface area contributed by atoms with Crippen LogP contribution in [0.15, 0.2) is 18.2 Å². The summed E-state index contributed by atoms with van der Waals surface area (Å²) in [6.45, 7) is 0.421. The Hall–Kier alpha value is -1.26. The van der Waals surface area contributed by atoms with E-state index in [-0.39, 0.29) is 11.9 Å². The molecule has 1 saturated carbocycles. The van der Waals surface area contributed by atoms with Crippen LogP contribution in [-0.2, 0) is 11.3 Å². The Balaban J connectivity index is 1.88. The Morgan fingerprint density at radius 1 is 1.50 bits per heavy atom. The van der Waals surface area contributed by atoms with Gasteiger partial charge >= 0.3 is 0 Å². The molecule has 0 heterocycles. The van der Waals surface area contributed by atoms with Gasteiger partial charge in [-0.1, -0.05) is 18.0 Å². The third kappa shape index (κ3) is 3.87. The van der Waals surface area contributed by atoms with E-state index in [0.717, 1.165) is 30.6 Å². The molecule has 1 aliphatic carbocycles. The first-order chi connectivity index (χ1) is 9.60. The topological polar surface area (TPSA) is 64.3 Å². The predicted molar refractivity (Wildman–Crippen MR) is 79.8 cm³/mol. The molecule has 5 heteroatoms. The quantitative estimate of drug-likeness (QED) is 0.877. The lowest BCUT2D eigenvalue weighted by Gasteiger charge is -2.15. The second kappa shape index (κ2) is 6.95. The Labute approximate surface area is 124 Å². The molecule has 1 amide bonds. The lowest BCUT2D eigenvalue weighted by molar-refractivity contribution is -0.122. The second-order valence-electron chi connectivity index (χ2n) is 5.29. The Bertz CT molecular complexity index is 479. The summed E-state index contributed by atoms with van der Waals surface area (Å²) in [7, 11) is 1.60. The Morgan fingerprint density at radius 3 is 2.95 bits per heavy atom. The van der Waals surface area contributed by atoms with Gasteiger partial charge in [-0.15, -0.1) is 0 Å². The fourth-order valence-corrected chi connectivity index (χ4v) is 2.90. The number of halogens is 1. The normalized spacial score (nSPS) is 21.8. The van der Waals surface area contributed by atoms with Gasteiger partial charge in [-0.3, -0.25) is 4.79 Å². The molecule has 0 saturated heterocycles. The number of nitrogens with one attached hydrogen (secondary N) is 1. The zero-order chi connectivity index (χ0) is 14.5. The van der Waals surface area contributed by atoms with Gasteiger partial charge in [0.2, 0.25) is 5.91 Å². The van der Waals surface area contributed by atoms with Gasteiger partial charge in [-0.2, -0.15) is 0 Å². The van der Waals surface area contributed by atoms with Crippen molar-refractivity contribution in [2.45, 2.75) is 38.3 Å². The zero-order valence-corrected chi connectivity index (χ0v) is 12.5. The van der Waals surface area contributed by atoms with Crippen LogP contribution >= 0.6 is 11.6 Å². The Morgan fingerprint density at radius 2 is 2.30 bits per heavy atom. The first-order valence-electron chi connectivity index (χ1n) is 6.95. The van der Waals surface area contributed by atoms with Crippen molar-refractivity contribution >= 4 is 17.5 Å². The molecule has 0 bridgehead atoms. The minimum Gasteiger partial charge on any atom is -0.496 e. The van der Waals surface area contributed by atoms with E-state index in [9.17, 15) is 4.79 Å². The highest BCUT2D eigenvalue weighted by atomic mass is 35.5. The van der Waals surface area contributed by atoms with Crippen LogP contribution in [0, 0.1) is 5.92 Å². The number of carbonyl (C=O) groups excluding carboxylic acids is 1. The van der Waals surface area contributed by atoms with E-state index < -0.39 is 0 Å². The number of methoxy groups -OCH3 is 1. The van der Waals surface area contributed by atoms with E-state index in [2.05, 4.69) is 5.32 Å². The number of hydrogen-bond acceptors (Lipinski definition) is 3. The molecule has 1 fully saturated rings. The average Bonchev–Trinajstić information content (AvgIpc) is 2.82. The number of benzene rings is 1. The smallest absolute Gasteiger partial charge is 0.220 e. The van der Waals surface area contributed by atoms with E-state index in [1.807, 2.05) is 6.07 Å². The van der Waals surface area contributed by atoms with Crippen LogP contribution in [0.5, 0.6) is 5.75 Å². The van der Waals surface area contributed by atoms with Gasteiger partial charge in [0.05, 0.1) is 7.11 Å². The minimum atomic E-state index is 0.0365. The van der Waals surface area contributed by atoms with Crippen molar-refractivity contribution in [3.05, 3.63) is 28.8 Å². The summed E-state index contributed by atoms with van der Waals surface area (Å²) >= 11 is 5.96. The standard InChI is InChI=1S/C15H21ClN2O2/c1-20-14-6-5-12(16)7-11(14)9-18-15(19)8-10-3-2-4-13(10)17/h5-7,10,13H,2-4,8-9,17H2,1H3,(H,18,19)/t10-,13+/m0/s1. The third-order valence-corrected chi connectivity index (χ3v) is 4.12. The first kappa shape index (κ1) is 15.1. The van der Waals surface area contributed by atoms with Crippen LogP contribution in [0.2, 0.25) is 5.02 Å². The molecule has 0 aromatic heterocycles. The summed E-state index contributed by atoms with van der Waals surface area (Å²) in [5.41, 5.74) is 6.86. The van der Waals surface area contributed by atoms with Gasteiger partial charge in [0, 0.05) is 29.6 Å². The molecule has 0 aliphatic heterocycles. The van der Waals surface area contributed by atoms with Crippen LogP contribution in [0.25, 0.3) is 0 Å². The van der Waals surface area contributed by atoms with Crippen molar-refractivity contribution in [2.75, 3.05) is 7.11 Å². The fraction of sp³-hybridized carbons (Fsp3) is 0.533. The summed E-state index contributed by atoms with van der Waals surface area (Å²) < 4.78 is 5.25. The van der Waals surface area contributed by atoms with Gasteiger partial charge in [0.25, 0.3) is 0 Å². The highest BCUT2D eigenvalue weighted by molar-refractivity contribution is 6.30. The molecule has 1 aromatic carbocycles. The van der Waals surface area contributed by atoms with Gasteiger partial charge < -0.3 is 15.8 Å². The molecule has 0 spiro atoms. The molecule has 2 atom stereocenters. The van der Waals surface area contributed by atoms with Crippen molar-refractivity contribution in [1.29, 1.82) is 0 Å². The minimum absolute atomic E-state index is 0.0365. The molecule has 2 rings (SSSR count). The highest BCUT2D eigenvalue weighted by Crippen LogP contribution is 2.27. The fourth-order valence-electron chi connectivity index (χ4n) is 2.71. The van der Waals surface area contributed by atoms with E-state index in [1.54, 1.807) is 19.2 Å². The SMILES string of the molecule is COc1ccc(Cl)cc1CNC(=O)C[C@@H]1CCC[C@H]1N. The summed E-state index contributed by atoms with van der Waals surface area (Å²) in [6, 6.07) is 5.54. The second-order valence-corrected chi connectivity index (χ2v) is 5.73. The molecule has 3 N–H and O–H groups in total. The van der Waals surface area contributed by atoms with Crippen molar-refractivity contribution in [2.24, 2.45) is 11.7 Å². The van der Waals surface area contributed by atoms with Crippen molar-refractivity contribution in [1.82, 2.24) is 5.32 Å². The third-order valence-electron chi connectivity index (χ3n) is 3.88. The van der Waals surface area contributed by atoms with Crippen molar-refractivity contribution in [3.63, 3.8) is 0 Å². The van der Waals surface area contributed by atoms with Crippen LogP contribution in [0.4, 0.5) is 0 Å². The number of ether oxygens (including phenoxy) is 1. The Kier molecular flexibility index (Phi) is 5.26. The molecule has 4 nitrogen and oxygen atoms in total. The van der Waals surface area contributed by atoms with E-state index in [0.29, 0.717) is 23.9 Å². The van der Waals surface area contributed by atoms with E-state index >= 15 is 0 Å². The van der Waals surface area contributed by atoms with Crippen LogP contribution in [0.1, 0.15) is 31.2 Å². The summed E-state index contributed by atoms with van der Waals surface area (Å²) in [5, 5.41) is 3.55. The summed E-state index contributed by atoms with van der Waals surface area (Å²) in [6.07, 6.45) is 3.71. The molecule has 0 radical (unpaired) electrons. The lowest BCUT2D eigenvalue weighted by atomic mass is 10.00. The van der Waals surface area contributed by atoms with Crippen molar-refractivity contribution < 1.29 is 9.53 Å². The van der Waals surface area contributed by atoms with Crippen LogP contribution < -0.4 is 15.8 Å². The average molecular weight is 297 g/mol. The van der Waals surface area contributed by atoms with Crippen LogP contribution in [-0.4, -0.2) is 19.1 Å². The molecule has 20 heavy (non-hydrogen) atoms. The lowest BCUT2D eigenvalue weighted by Crippen LogP contribution is -2.31. The van der Waals surface area contributed by atoms with E-state index in [4.69, 9.17) is 22.1 Å². The number of amides is 1. The van der Waals surface area contributed by atoms with Gasteiger partial charge in [-0.25, -0.2) is 0 Å². The summed E-state index contributed by atoms with van der Waals surface area (Å²) in [5.74, 6) is 1.08. The maximum Gasteiger partial charge on any atom is 0.220 e. The van der Waals surface area contributed by atoms with Gasteiger partial charge in [0.15, 0.2) is 0 Å². The molecule has 110 valence electrons. The van der Waals surface area contributed by atoms with Crippen LogP contribution in [0.3, 0.4) is 0 Å².